The second-order valence-corrected chi connectivity index (χ2v) is 9.14. The topological polar surface area (TPSA) is 51.2 Å². The Morgan fingerprint density at radius 2 is 2.00 bits per heavy atom. The SMILES string of the molecule is Cc1cc(Cl)ccc1OCC(=O)Nc1ccc(I)cc1-c1nc2ccccc2s1. The number of halogens is 2. The van der Waals surface area contributed by atoms with Gasteiger partial charge < -0.3 is 10.1 Å². The number of nitrogens with one attached hydrogen (secondary N) is 1. The number of aryl methyl sites for hydroxylation is 1. The molecule has 4 nitrogen and oxygen atoms in total. The van der Waals surface area contributed by atoms with Crippen molar-refractivity contribution in [1.82, 2.24) is 4.98 Å². The van der Waals surface area contributed by atoms with Crippen LogP contribution in [0.15, 0.2) is 60.7 Å². The third kappa shape index (κ3) is 4.71. The molecule has 0 saturated carbocycles. The van der Waals surface area contributed by atoms with Gasteiger partial charge in [-0.15, -0.1) is 11.3 Å². The quantitative estimate of drug-likeness (QED) is 0.296. The zero-order valence-corrected chi connectivity index (χ0v) is 19.1. The molecule has 0 aliphatic rings. The number of rotatable bonds is 5. The third-order valence-electron chi connectivity index (χ3n) is 4.28. The number of para-hydroxylation sites is 1. The molecule has 0 atom stereocenters. The van der Waals surface area contributed by atoms with Crippen molar-refractivity contribution in [2.24, 2.45) is 0 Å². The van der Waals surface area contributed by atoms with Crippen molar-refractivity contribution >= 4 is 67.3 Å². The number of hydrogen-bond acceptors (Lipinski definition) is 4. The average molecular weight is 535 g/mol. The standard InChI is InChI=1S/C22H16ClIN2O2S/c1-13-10-14(23)6-9-19(13)28-12-21(27)25-17-8-7-15(24)11-16(17)22-26-18-4-2-3-5-20(18)29-22/h2-11H,12H2,1H3,(H,25,27). The van der Waals surface area contributed by atoms with E-state index in [1.165, 1.54) is 0 Å². The Hall–Kier alpha value is -2.16. The maximum atomic E-state index is 12.5. The van der Waals surface area contributed by atoms with Gasteiger partial charge >= 0.3 is 0 Å². The number of anilines is 1. The van der Waals surface area contributed by atoms with E-state index in [0.717, 1.165) is 29.9 Å². The molecular weight excluding hydrogens is 519 g/mol. The summed E-state index contributed by atoms with van der Waals surface area (Å²) in [6.07, 6.45) is 0. The van der Waals surface area contributed by atoms with Crippen LogP contribution < -0.4 is 10.1 Å². The summed E-state index contributed by atoms with van der Waals surface area (Å²) in [7, 11) is 0. The van der Waals surface area contributed by atoms with Gasteiger partial charge in [-0.2, -0.15) is 0 Å². The first-order valence-electron chi connectivity index (χ1n) is 8.84. The second-order valence-electron chi connectivity index (χ2n) is 6.42. The zero-order chi connectivity index (χ0) is 20.4. The summed E-state index contributed by atoms with van der Waals surface area (Å²) < 4.78 is 7.84. The van der Waals surface area contributed by atoms with E-state index >= 15 is 0 Å². The van der Waals surface area contributed by atoms with Crippen LogP contribution in [-0.2, 0) is 4.79 Å². The molecule has 0 aliphatic heterocycles. The number of benzene rings is 3. The second kappa shape index (κ2) is 8.69. The van der Waals surface area contributed by atoms with Gasteiger partial charge in [0.25, 0.3) is 5.91 Å². The molecule has 1 amide bonds. The molecule has 1 aromatic heterocycles. The largest absolute Gasteiger partial charge is 0.483 e. The minimum atomic E-state index is -0.233. The fourth-order valence-corrected chi connectivity index (χ4v) is 4.61. The number of hydrogen-bond donors (Lipinski definition) is 1. The van der Waals surface area contributed by atoms with Gasteiger partial charge in [0.2, 0.25) is 0 Å². The number of aromatic nitrogens is 1. The molecular formula is C22H16ClIN2O2S. The lowest BCUT2D eigenvalue weighted by Crippen LogP contribution is -2.20. The van der Waals surface area contributed by atoms with Gasteiger partial charge in [-0.05, 0) is 83.6 Å². The van der Waals surface area contributed by atoms with E-state index in [2.05, 4.69) is 27.9 Å². The van der Waals surface area contributed by atoms with E-state index in [1.807, 2.05) is 49.4 Å². The molecule has 0 spiro atoms. The van der Waals surface area contributed by atoms with E-state index in [-0.39, 0.29) is 12.5 Å². The maximum Gasteiger partial charge on any atom is 0.262 e. The van der Waals surface area contributed by atoms with Crippen molar-refractivity contribution in [2.75, 3.05) is 11.9 Å². The molecule has 0 bridgehead atoms. The average Bonchev–Trinajstić information content (AvgIpc) is 3.13. The summed E-state index contributed by atoms with van der Waals surface area (Å²) in [4.78, 5) is 17.2. The van der Waals surface area contributed by atoms with Crippen LogP contribution in [-0.4, -0.2) is 17.5 Å². The first-order chi connectivity index (χ1) is 14.0. The van der Waals surface area contributed by atoms with Gasteiger partial charge in [-0.3, -0.25) is 4.79 Å². The predicted octanol–water partition coefficient (Wildman–Crippen LogP) is 6.55. The van der Waals surface area contributed by atoms with Crippen LogP contribution in [0, 0.1) is 10.5 Å². The van der Waals surface area contributed by atoms with Gasteiger partial charge in [0.1, 0.15) is 10.8 Å². The van der Waals surface area contributed by atoms with E-state index < -0.39 is 0 Å². The van der Waals surface area contributed by atoms with Crippen LogP contribution in [0.25, 0.3) is 20.8 Å². The minimum absolute atomic E-state index is 0.0895. The van der Waals surface area contributed by atoms with E-state index in [0.29, 0.717) is 16.5 Å². The van der Waals surface area contributed by atoms with Gasteiger partial charge in [-0.1, -0.05) is 23.7 Å². The summed E-state index contributed by atoms with van der Waals surface area (Å²) >= 11 is 9.83. The molecule has 0 aliphatic carbocycles. The number of ether oxygens (including phenoxy) is 1. The Morgan fingerprint density at radius 3 is 2.79 bits per heavy atom. The molecule has 0 saturated heterocycles. The van der Waals surface area contributed by atoms with E-state index in [9.17, 15) is 4.79 Å². The molecule has 4 aromatic rings. The number of amides is 1. The molecule has 0 unspecified atom stereocenters. The van der Waals surface area contributed by atoms with Crippen LogP contribution in [0.3, 0.4) is 0 Å². The normalized spacial score (nSPS) is 10.9. The molecule has 0 radical (unpaired) electrons. The van der Waals surface area contributed by atoms with E-state index in [4.69, 9.17) is 21.3 Å². The molecule has 3 aromatic carbocycles. The number of thiazole rings is 1. The summed E-state index contributed by atoms with van der Waals surface area (Å²) in [5.41, 5.74) is 3.44. The molecule has 7 heteroatoms. The first-order valence-corrected chi connectivity index (χ1v) is 11.1. The van der Waals surface area contributed by atoms with Crippen LogP contribution in [0.1, 0.15) is 5.56 Å². The first kappa shape index (κ1) is 20.1. The lowest BCUT2D eigenvalue weighted by atomic mass is 10.2. The Morgan fingerprint density at radius 1 is 1.17 bits per heavy atom. The smallest absolute Gasteiger partial charge is 0.262 e. The van der Waals surface area contributed by atoms with Gasteiger partial charge in [0, 0.05) is 14.2 Å². The van der Waals surface area contributed by atoms with Crippen molar-refractivity contribution < 1.29 is 9.53 Å². The molecule has 1 heterocycles. The Labute approximate surface area is 191 Å². The van der Waals surface area contributed by atoms with Crippen molar-refractivity contribution in [3.8, 4) is 16.3 Å². The highest BCUT2D eigenvalue weighted by Gasteiger charge is 2.14. The van der Waals surface area contributed by atoms with Crippen LogP contribution in [0.2, 0.25) is 5.02 Å². The molecule has 1 N–H and O–H groups in total. The lowest BCUT2D eigenvalue weighted by molar-refractivity contribution is -0.118. The highest BCUT2D eigenvalue weighted by Crippen LogP contribution is 2.35. The Kier molecular flexibility index (Phi) is 6.03. The highest BCUT2D eigenvalue weighted by molar-refractivity contribution is 14.1. The number of carbonyl (C=O) groups excluding carboxylic acids is 1. The Bertz CT molecular complexity index is 1180. The number of nitrogens with zero attached hydrogens (tertiary/aromatic N) is 1. The van der Waals surface area contributed by atoms with Crippen molar-refractivity contribution in [3.05, 3.63) is 74.8 Å². The monoisotopic (exact) mass is 534 g/mol. The lowest BCUT2D eigenvalue weighted by Gasteiger charge is -2.12. The summed E-state index contributed by atoms with van der Waals surface area (Å²) in [5, 5.41) is 4.46. The highest BCUT2D eigenvalue weighted by atomic mass is 127. The number of fused-ring (bicyclic) bond motifs is 1. The summed E-state index contributed by atoms with van der Waals surface area (Å²) in [6.45, 7) is 1.80. The van der Waals surface area contributed by atoms with Crippen molar-refractivity contribution in [2.45, 2.75) is 6.92 Å². The summed E-state index contributed by atoms with van der Waals surface area (Å²) in [5.74, 6) is 0.404. The van der Waals surface area contributed by atoms with Gasteiger partial charge in [-0.25, -0.2) is 4.98 Å². The molecule has 4 rings (SSSR count). The number of carbonyl (C=O) groups is 1. The fraction of sp³-hybridized carbons (Fsp3) is 0.0909. The van der Waals surface area contributed by atoms with Crippen molar-refractivity contribution in [1.29, 1.82) is 0 Å². The van der Waals surface area contributed by atoms with Crippen molar-refractivity contribution in [3.63, 3.8) is 0 Å². The minimum Gasteiger partial charge on any atom is -0.483 e. The van der Waals surface area contributed by atoms with Crippen LogP contribution >= 0.6 is 45.5 Å². The summed E-state index contributed by atoms with van der Waals surface area (Å²) in [6, 6.07) is 19.2. The van der Waals surface area contributed by atoms with Crippen LogP contribution in [0.5, 0.6) is 5.75 Å². The fourth-order valence-electron chi connectivity index (χ4n) is 2.89. The predicted molar refractivity (Wildman–Crippen MR) is 128 cm³/mol. The van der Waals surface area contributed by atoms with Crippen LogP contribution in [0.4, 0.5) is 5.69 Å². The van der Waals surface area contributed by atoms with Gasteiger partial charge in [0.05, 0.1) is 15.9 Å². The Balaban J connectivity index is 1.54. The zero-order valence-electron chi connectivity index (χ0n) is 15.4. The molecule has 29 heavy (non-hydrogen) atoms. The molecule has 146 valence electrons. The molecule has 0 fully saturated rings. The maximum absolute atomic E-state index is 12.5. The van der Waals surface area contributed by atoms with Gasteiger partial charge in [0.15, 0.2) is 6.61 Å². The van der Waals surface area contributed by atoms with E-state index in [1.54, 1.807) is 29.5 Å². The third-order valence-corrected chi connectivity index (χ3v) is 6.25.